The predicted molar refractivity (Wildman–Crippen MR) is 105 cm³/mol. The van der Waals surface area contributed by atoms with Crippen LogP contribution in [0.15, 0.2) is 54.6 Å². The van der Waals surface area contributed by atoms with Crippen molar-refractivity contribution in [3.05, 3.63) is 65.7 Å². The normalized spacial score (nSPS) is 10.7. The van der Waals surface area contributed by atoms with Gasteiger partial charge in [-0.2, -0.15) is 0 Å². The zero-order valence-corrected chi connectivity index (χ0v) is 15.1. The van der Waals surface area contributed by atoms with Crippen LogP contribution in [0.5, 0.6) is 0 Å². The number of aryl methyl sites for hydroxylation is 1. The quantitative estimate of drug-likeness (QED) is 0.635. The minimum absolute atomic E-state index is 0.134. The maximum Gasteiger partial charge on any atom is 0.252 e. The Morgan fingerprint density at radius 2 is 1.88 bits per heavy atom. The van der Waals surface area contributed by atoms with Gasteiger partial charge < -0.3 is 15.4 Å². The molecule has 0 aliphatic carbocycles. The van der Waals surface area contributed by atoms with Crippen molar-refractivity contribution in [3.8, 4) is 0 Å². The van der Waals surface area contributed by atoms with Crippen molar-refractivity contribution >= 4 is 28.3 Å². The summed E-state index contributed by atoms with van der Waals surface area (Å²) >= 11 is 0. The van der Waals surface area contributed by atoms with Crippen LogP contribution < -0.4 is 10.6 Å². The summed E-state index contributed by atoms with van der Waals surface area (Å²) in [5, 5.41) is 7.00. The maximum atomic E-state index is 12.6. The zero-order valence-electron chi connectivity index (χ0n) is 15.1. The standard InChI is InChI=1S/C21H23N3O2/c1-3-15-8-10-16(11-9-15)23-20-14-18(21(25)22-12-13-26-2)17-6-4-5-7-19(17)24-20/h4-11,14H,3,12-13H2,1-2H3,(H,22,25)(H,23,24). The number of nitrogens with one attached hydrogen (secondary N) is 2. The van der Waals surface area contributed by atoms with Gasteiger partial charge in [0.15, 0.2) is 0 Å². The van der Waals surface area contributed by atoms with E-state index in [-0.39, 0.29) is 5.91 Å². The van der Waals surface area contributed by atoms with Crippen LogP contribution in [0.4, 0.5) is 11.5 Å². The third-order valence-corrected chi connectivity index (χ3v) is 4.19. The summed E-state index contributed by atoms with van der Waals surface area (Å²) in [6.07, 6.45) is 1.00. The van der Waals surface area contributed by atoms with Crippen molar-refractivity contribution in [1.29, 1.82) is 0 Å². The van der Waals surface area contributed by atoms with Gasteiger partial charge in [-0.15, -0.1) is 0 Å². The van der Waals surface area contributed by atoms with E-state index < -0.39 is 0 Å². The van der Waals surface area contributed by atoms with Crippen LogP contribution in [0.2, 0.25) is 0 Å². The van der Waals surface area contributed by atoms with Crippen LogP contribution in [-0.4, -0.2) is 31.2 Å². The fourth-order valence-electron chi connectivity index (χ4n) is 2.76. The number of ether oxygens (including phenoxy) is 1. The lowest BCUT2D eigenvalue weighted by Gasteiger charge is -2.12. The Kier molecular flexibility index (Phi) is 5.81. The van der Waals surface area contributed by atoms with Gasteiger partial charge in [-0.3, -0.25) is 4.79 Å². The Labute approximate surface area is 153 Å². The van der Waals surface area contributed by atoms with Crippen LogP contribution in [0.3, 0.4) is 0 Å². The van der Waals surface area contributed by atoms with Crippen molar-refractivity contribution in [2.45, 2.75) is 13.3 Å². The Morgan fingerprint density at radius 3 is 2.62 bits per heavy atom. The summed E-state index contributed by atoms with van der Waals surface area (Å²) in [7, 11) is 1.61. The van der Waals surface area contributed by atoms with E-state index in [9.17, 15) is 4.79 Å². The average Bonchev–Trinajstić information content (AvgIpc) is 2.68. The van der Waals surface area contributed by atoms with Gasteiger partial charge in [0.2, 0.25) is 0 Å². The number of pyridine rings is 1. The van der Waals surface area contributed by atoms with E-state index in [0.717, 1.165) is 23.0 Å². The summed E-state index contributed by atoms with van der Waals surface area (Å²) in [5.41, 5.74) is 3.59. The monoisotopic (exact) mass is 349 g/mol. The number of fused-ring (bicyclic) bond motifs is 1. The van der Waals surface area contributed by atoms with Crippen molar-refractivity contribution in [2.75, 3.05) is 25.6 Å². The molecule has 134 valence electrons. The molecule has 0 aliphatic rings. The topological polar surface area (TPSA) is 63.2 Å². The molecule has 0 unspecified atom stereocenters. The SMILES string of the molecule is CCc1ccc(Nc2cc(C(=O)NCCOC)c3ccccc3n2)cc1. The molecule has 3 rings (SSSR count). The Hall–Kier alpha value is -2.92. The molecule has 26 heavy (non-hydrogen) atoms. The van der Waals surface area contributed by atoms with Crippen molar-refractivity contribution < 1.29 is 9.53 Å². The number of anilines is 2. The second-order valence-electron chi connectivity index (χ2n) is 6.00. The zero-order chi connectivity index (χ0) is 18.4. The third kappa shape index (κ3) is 4.18. The first kappa shape index (κ1) is 17.9. The minimum Gasteiger partial charge on any atom is -0.383 e. The van der Waals surface area contributed by atoms with Crippen molar-refractivity contribution in [1.82, 2.24) is 10.3 Å². The maximum absolute atomic E-state index is 12.6. The summed E-state index contributed by atoms with van der Waals surface area (Å²) in [5.74, 6) is 0.509. The number of methoxy groups -OCH3 is 1. The number of para-hydroxylation sites is 1. The van der Waals surface area contributed by atoms with Gasteiger partial charge in [-0.25, -0.2) is 4.98 Å². The number of aromatic nitrogens is 1. The molecule has 5 nitrogen and oxygen atoms in total. The summed E-state index contributed by atoms with van der Waals surface area (Å²) in [6.45, 7) is 3.07. The minimum atomic E-state index is -0.134. The van der Waals surface area contributed by atoms with Gasteiger partial charge in [0.05, 0.1) is 17.7 Å². The molecule has 1 aromatic heterocycles. The number of carbonyl (C=O) groups excluding carboxylic acids is 1. The first-order valence-corrected chi connectivity index (χ1v) is 8.74. The van der Waals surface area contributed by atoms with Crippen LogP contribution >= 0.6 is 0 Å². The lowest BCUT2D eigenvalue weighted by molar-refractivity contribution is 0.0938. The largest absolute Gasteiger partial charge is 0.383 e. The summed E-state index contributed by atoms with van der Waals surface area (Å²) in [6, 6.07) is 17.7. The van der Waals surface area contributed by atoms with Crippen LogP contribution in [0.1, 0.15) is 22.8 Å². The number of amides is 1. The van der Waals surface area contributed by atoms with Crippen LogP contribution in [-0.2, 0) is 11.2 Å². The molecule has 0 bridgehead atoms. The molecule has 0 atom stereocenters. The molecular weight excluding hydrogens is 326 g/mol. The van der Waals surface area contributed by atoms with Gasteiger partial charge in [-0.05, 0) is 36.2 Å². The molecule has 0 radical (unpaired) electrons. The smallest absolute Gasteiger partial charge is 0.252 e. The van der Waals surface area contributed by atoms with E-state index >= 15 is 0 Å². The van der Waals surface area contributed by atoms with E-state index in [1.807, 2.05) is 36.4 Å². The second-order valence-corrected chi connectivity index (χ2v) is 6.00. The van der Waals surface area contributed by atoms with Gasteiger partial charge >= 0.3 is 0 Å². The predicted octanol–water partition coefficient (Wildman–Crippen LogP) is 3.92. The molecule has 0 saturated heterocycles. The molecule has 2 aromatic carbocycles. The van der Waals surface area contributed by atoms with Crippen molar-refractivity contribution in [2.24, 2.45) is 0 Å². The Bertz CT molecular complexity index is 891. The lowest BCUT2D eigenvalue weighted by Crippen LogP contribution is -2.27. The first-order valence-electron chi connectivity index (χ1n) is 8.74. The molecule has 2 N–H and O–H groups in total. The van der Waals surface area contributed by atoms with E-state index in [4.69, 9.17) is 4.74 Å². The molecule has 0 spiro atoms. The molecule has 0 aliphatic heterocycles. The van der Waals surface area contributed by atoms with E-state index in [2.05, 4.69) is 34.7 Å². The molecule has 0 fully saturated rings. The Morgan fingerprint density at radius 1 is 1.12 bits per heavy atom. The van der Waals surface area contributed by atoms with E-state index in [1.165, 1.54) is 5.56 Å². The molecular formula is C21H23N3O2. The average molecular weight is 349 g/mol. The molecule has 3 aromatic rings. The molecule has 5 heteroatoms. The number of benzene rings is 2. The Balaban J connectivity index is 1.91. The number of nitrogens with zero attached hydrogens (tertiary/aromatic N) is 1. The molecule has 0 saturated carbocycles. The van der Waals surface area contributed by atoms with Crippen molar-refractivity contribution in [3.63, 3.8) is 0 Å². The van der Waals surface area contributed by atoms with E-state index in [1.54, 1.807) is 13.2 Å². The third-order valence-electron chi connectivity index (χ3n) is 4.19. The highest BCUT2D eigenvalue weighted by atomic mass is 16.5. The first-order chi connectivity index (χ1) is 12.7. The van der Waals surface area contributed by atoms with Gasteiger partial charge in [0.25, 0.3) is 5.91 Å². The van der Waals surface area contributed by atoms with Gasteiger partial charge in [-0.1, -0.05) is 37.3 Å². The fourth-order valence-corrected chi connectivity index (χ4v) is 2.76. The lowest BCUT2D eigenvalue weighted by atomic mass is 10.1. The highest BCUT2D eigenvalue weighted by Crippen LogP contribution is 2.23. The molecule has 1 heterocycles. The second kappa shape index (κ2) is 8.45. The highest BCUT2D eigenvalue weighted by molar-refractivity contribution is 6.07. The summed E-state index contributed by atoms with van der Waals surface area (Å²) in [4.78, 5) is 17.2. The number of rotatable bonds is 7. The molecule has 1 amide bonds. The number of hydrogen-bond acceptors (Lipinski definition) is 4. The van der Waals surface area contributed by atoms with E-state index in [0.29, 0.717) is 24.5 Å². The number of hydrogen-bond donors (Lipinski definition) is 2. The van der Waals surface area contributed by atoms with Gasteiger partial charge in [0, 0.05) is 24.7 Å². The number of carbonyl (C=O) groups is 1. The fraction of sp³-hybridized carbons (Fsp3) is 0.238. The highest BCUT2D eigenvalue weighted by Gasteiger charge is 2.12. The van der Waals surface area contributed by atoms with Crippen LogP contribution in [0.25, 0.3) is 10.9 Å². The van der Waals surface area contributed by atoms with Gasteiger partial charge in [0.1, 0.15) is 5.82 Å². The summed E-state index contributed by atoms with van der Waals surface area (Å²) < 4.78 is 5.00. The van der Waals surface area contributed by atoms with Crippen LogP contribution in [0, 0.1) is 0 Å².